The molecular weight excluding hydrogens is 234 g/mol. The van der Waals surface area contributed by atoms with Gasteiger partial charge in [-0.25, -0.2) is 0 Å². The Labute approximate surface area is 112 Å². The lowest BCUT2D eigenvalue weighted by molar-refractivity contribution is 0.666. The molecule has 0 saturated heterocycles. The first-order chi connectivity index (χ1) is 9.26. The van der Waals surface area contributed by atoms with Crippen molar-refractivity contribution in [2.24, 2.45) is 0 Å². The highest BCUT2D eigenvalue weighted by Gasteiger charge is 2.14. The smallest absolute Gasteiger partial charge is 0.144 e. The standard InChI is InChI=1S/C17H17NO/c1-4-14(18-3)16-11(2)9-10-13-12-7-5-6-8-15(12)19-17(13)16/h4-10,18H,1-3H3/b14-4-. The molecule has 0 atom stereocenters. The highest BCUT2D eigenvalue weighted by atomic mass is 16.3. The Morgan fingerprint density at radius 1 is 1.11 bits per heavy atom. The van der Waals surface area contributed by atoms with Crippen molar-refractivity contribution in [3.05, 3.63) is 53.6 Å². The summed E-state index contributed by atoms with van der Waals surface area (Å²) in [6.07, 6.45) is 2.08. The predicted octanol–water partition coefficient (Wildman–Crippen LogP) is 4.47. The van der Waals surface area contributed by atoms with E-state index in [-0.39, 0.29) is 0 Å². The van der Waals surface area contributed by atoms with Crippen molar-refractivity contribution >= 4 is 27.6 Å². The van der Waals surface area contributed by atoms with Gasteiger partial charge < -0.3 is 9.73 Å². The Bertz CT molecular complexity index is 780. The maximum absolute atomic E-state index is 6.07. The molecular formula is C17H17NO. The molecule has 0 bridgehead atoms. The minimum Gasteiger partial charge on any atom is -0.455 e. The average molecular weight is 251 g/mol. The van der Waals surface area contributed by atoms with Gasteiger partial charge in [0.2, 0.25) is 0 Å². The van der Waals surface area contributed by atoms with Gasteiger partial charge in [0, 0.05) is 29.1 Å². The van der Waals surface area contributed by atoms with Crippen LogP contribution in [0.25, 0.3) is 27.6 Å². The van der Waals surface area contributed by atoms with E-state index in [0.29, 0.717) is 0 Å². The molecule has 0 aliphatic heterocycles. The van der Waals surface area contributed by atoms with Crippen molar-refractivity contribution in [3.63, 3.8) is 0 Å². The lowest BCUT2D eigenvalue weighted by Crippen LogP contribution is -2.05. The van der Waals surface area contributed by atoms with Gasteiger partial charge in [0.15, 0.2) is 0 Å². The molecule has 0 aliphatic carbocycles. The molecule has 2 nitrogen and oxygen atoms in total. The summed E-state index contributed by atoms with van der Waals surface area (Å²) in [5, 5.41) is 5.59. The van der Waals surface area contributed by atoms with Crippen LogP contribution < -0.4 is 5.32 Å². The summed E-state index contributed by atoms with van der Waals surface area (Å²) in [5.74, 6) is 0. The average Bonchev–Trinajstić information content (AvgIpc) is 2.81. The fraction of sp³-hybridized carbons (Fsp3) is 0.176. The van der Waals surface area contributed by atoms with Crippen LogP contribution in [0.3, 0.4) is 0 Å². The molecule has 19 heavy (non-hydrogen) atoms. The Morgan fingerprint density at radius 2 is 1.89 bits per heavy atom. The summed E-state index contributed by atoms with van der Waals surface area (Å²) < 4.78 is 6.07. The molecule has 0 spiro atoms. The van der Waals surface area contributed by atoms with Crippen LogP contribution in [0.1, 0.15) is 18.1 Å². The summed E-state index contributed by atoms with van der Waals surface area (Å²) >= 11 is 0. The zero-order chi connectivity index (χ0) is 13.4. The summed E-state index contributed by atoms with van der Waals surface area (Å²) in [6.45, 7) is 4.15. The largest absolute Gasteiger partial charge is 0.455 e. The topological polar surface area (TPSA) is 25.2 Å². The molecule has 3 rings (SSSR count). The van der Waals surface area contributed by atoms with Gasteiger partial charge in [0.05, 0.1) is 0 Å². The highest BCUT2D eigenvalue weighted by molar-refractivity contribution is 6.08. The Kier molecular flexibility index (Phi) is 2.79. The van der Waals surface area contributed by atoms with Crippen LogP contribution in [0.5, 0.6) is 0 Å². The number of aryl methyl sites for hydroxylation is 1. The number of allylic oxidation sites excluding steroid dienone is 1. The van der Waals surface area contributed by atoms with Gasteiger partial charge in [0.1, 0.15) is 11.2 Å². The van der Waals surface area contributed by atoms with Crippen molar-refractivity contribution in [2.45, 2.75) is 13.8 Å². The van der Waals surface area contributed by atoms with E-state index in [9.17, 15) is 0 Å². The molecule has 1 heterocycles. The third kappa shape index (κ3) is 1.72. The molecule has 2 heteroatoms. The van der Waals surface area contributed by atoms with Crippen LogP contribution in [0, 0.1) is 6.92 Å². The van der Waals surface area contributed by atoms with Gasteiger partial charge >= 0.3 is 0 Å². The van der Waals surface area contributed by atoms with E-state index in [1.807, 2.05) is 32.2 Å². The normalized spacial score (nSPS) is 12.3. The van der Waals surface area contributed by atoms with E-state index < -0.39 is 0 Å². The van der Waals surface area contributed by atoms with Crippen LogP contribution in [-0.4, -0.2) is 7.05 Å². The van der Waals surface area contributed by atoms with Crippen molar-refractivity contribution in [1.29, 1.82) is 0 Å². The quantitative estimate of drug-likeness (QED) is 0.726. The fourth-order valence-electron chi connectivity index (χ4n) is 2.64. The lowest BCUT2D eigenvalue weighted by Gasteiger charge is -2.10. The number of benzene rings is 2. The molecule has 1 aromatic heterocycles. The van der Waals surface area contributed by atoms with Crippen LogP contribution in [0.4, 0.5) is 0 Å². The van der Waals surface area contributed by atoms with Crippen LogP contribution >= 0.6 is 0 Å². The molecule has 0 radical (unpaired) electrons. The van der Waals surface area contributed by atoms with E-state index in [2.05, 4.69) is 36.5 Å². The van der Waals surface area contributed by atoms with Crippen molar-refractivity contribution < 1.29 is 4.42 Å². The monoisotopic (exact) mass is 251 g/mol. The van der Waals surface area contributed by atoms with E-state index in [0.717, 1.165) is 22.4 Å². The third-order valence-corrected chi connectivity index (χ3v) is 3.58. The van der Waals surface area contributed by atoms with Gasteiger partial charge in [-0.15, -0.1) is 0 Å². The van der Waals surface area contributed by atoms with Gasteiger partial charge in [-0.3, -0.25) is 0 Å². The van der Waals surface area contributed by atoms with E-state index in [1.165, 1.54) is 16.3 Å². The first kappa shape index (κ1) is 11.8. The molecule has 0 saturated carbocycles. The number of furan rings is 1. The Morgan fingerprint density at radius 3 is 2.63 bits per heavy atom. The van der Waals surface area contributed by atoms with Gasteiger partial charge in [0.25, 0.3) is 0 Å². The van der Waals surface area contributed by atoms with Crippen LogP contribution in [0.15, 0.2) is 46.9 Å². The van der Waals surface area contributed by atoms with Crippen LogP contribution in [-0.2, 0) is 0 Å². The summed E-state index contributed by atoms with van der Waals surface area (Å²) in [4.78, 5) is 0. The van der Waals surface area contributed by atoms with E-state index in [1.54, 1.807) is 0 Å². The van der Waals surface area contributed by atoms with Crippen LogP contribution in [0.2, 0.25) is 0 Å². The number of fused-ring (bicyclic) bond motifs is 3. The molecule has 96 valence electrons. The first-order valence-corrected chi connectivity index (χ1v) is 6.51. The number of rotatable bonds is 2. The highest BCUT2D eigenvalue weighted by Crippen LogP contribution is 2.34. The fourth-order valence-corrected chi connectivity index (χ4v) is 2.64. The van der Waals surface area contributed by atoms with Crippen molar-refractivity contribution in [1.82, 2.24) is 5.32 Å². The third-order valence-electron chi connectivity index (χ3n) is 3.58. The molecule has 3 aromatic rings. The second kappa shape index (κ2) is 4.47. The molecule has 0 unspecified atom stereocenters. The summed E-state index contributed by atoms with van der Waals surface area (Å²) in [6, 6.07) is 12.5. The van der Waals surface area contributed by atoms with Crippen molar-refractivity contribution in [2.75, 3.05) is 7.05 Å². The number of para-hydroxylation sites is 1. The number of nitrogens with one attached hydrogen (secondary N) is 1. The first-order valence-electron chi connectivity index (χ1n) is 6.51. The van der Waals surface area contributed by atoms with E-state index in [4.69, 9.17) is 4.42 Å². The maximum Gasteiger partial charge on any atom is 0.144 e. The van der Waals surface area contributed by atoms with Gasteiger partial charge in [-0.1, -0.05) is 36.4 Å². The Balaban J connectivity index is 2.46. The minimum absolute atomic E-state index is 0.941. The zero-order valence-corrected chi connectivity index (χ0v) is 11.4. The SMILES string of the molecule is C/C=C(\NC)c1c(C)ccc2c1oc1ccccc12. The number of hydrogen-bond acceptors (Lipinski definition) is 2. The number of hydrogen-bond donors (Lipinski definition) is 1. The van der Waals surface area contributed by atoms with Gasteiger partial charge in [-0.05, 0) is 25.5 Å². The molecule has 0 fully saturated rings. The molecule has 0 aliphatic rings. The second-order valence-electron chi connectivity index (χ2n) is 4.68. The molecule has 2 aromatic carbocycles. The summed E-state index contributed by atoms with van der Waals surface area (Å²) in [7, 11) is 1.94. The molecule has 0 amide bonds. The lowest BCUT2D eigenvalue weighted by atomic mass is 10.0. The zero-order valence-electron chi connectivity index (χ0n) is 11.4. The van der Waals surface area contributed by atoms with Crippen molar-refractivity contribution in [3.8, 4) is 0 Å². The maximum atomic E-state index is 6.07. The second-order valence-corrected chi connectivity index (χ2v) is 4.68. The molecule has 1 N–H and O–H groups in total. The summed E-state index contributed by atoms with van der Waals surface area (Å²) in [5.41, 5.74) is 5.37. The van der Waals surface area contributed by atoms with E-state index >= 15 is 0 Å². The Hall–Kier alpha value is -2.22. The minimum atomic E-state index is 0.941. The predicted molar refractivity (Wildman–Crippen MR) is 81.2 cm³/mol. The van der Waals surface area contributed by atoms with Gasteiger partial charge in [-0.2, -0.15) is 0 Å².